The molecule has 0 bridgehead atoms. The average molecular weight is 1300 g/mol. The largest absolute Gasteiger partial charge is 0.466 e. The molecule has 6 nitrogen and oxygen atoms in total. The van der Waals surface area contributed by atoms with Crippen LogP contribution < -0.4 is 5.32 Å². The van der Waals surface area contributed by atoms with Gasteiger partial charge < -0.3 is 20.3 Å². The Morgan fingerprint density at radius 3 is 0.772 bits per heavy atom. The van der Waals surface area contributed by atoms with E-state index in [0.29, 0.717) is 25.9 Å². The quantitative estimate of drug-likeness (QED) is 0.0320. The maximum Gasteiger partial charge on any atom is 0.305 e. The van der Waals surface area contributed by atoms with Gasteiger partial charge in [0.1, 0.15) is 0 Å². The van der Waals surface area contributed by atoms with Gasteiger partial charge in [-0.3, -0.25) is 9.59 Å². The van der Waals surface area contributed by atoms with Crippen LogP contribution in [0, 0.1) is 0 Å². The Kier molecular flexibility index (Phi) is 80.3. The normalized spacial score (nSPS) is 12.5. The van der Waals surface area contributed by atoms with Crippen LogP contribution in [0.1, 0.15) is 489 Å². The first kappa shape index (κ1) is 90.3. The number of carbonyl (C=O) groups is 2. The van der Waals surface area contributed by atoms with Gasteiger partial charge in [-0.1, -0.05) is 423 Å². The lowest BCUT2D eigenvalue weighted by molar-refractivity contribution is -0.143. The maximum atomic E-state index is 12.6. The van der Waals surface area contributed by atoms with Crippen molar-refractivity contribution in [3.63, 3.8) is 0 Å². The van der Waals surface area contributed by atoms with E-state index in [1.165, 1.54) is 411 Å². The molecule has 0 spiro atoms. The highest BCUT2D eigenvalue weighted by atomic mass is 16.5. The standard InChI is InChI=1S/C86H167NO5/c1-3-5-7-9-11-13-15-17-19-20-21-22-23-35-38-41-44-47-51-54-58-62-66-70-74-78-84(89)83(82-88)87-85(90)79-75-71-67-63-59-55-52-48-45-42-39-36-33-31-29-27-25-24-26-28-30-32-34-37-40-43-46-49-53-57-61-65-69-73-77-81-92-86(91)80-76-72-68-64-60-56-50-18-16-14-12-10-8-6-4-2/h18,26,28,50,83-84,88-89H,3-17,19-25,27,29-49,51-82H2,1-2H3,(H,87,90)/b28-26-,50-18-. The van der Waals surface area contributed by atoms with E-state index in [1.54, 1.807) is 0 Å². The molecule has 546 valence electrons. The first-order valence-corrected chi connectivity index (χ1v) is 42.6. The van der Waals surface area contributed by atoms with Crippen LogP contribution in [0.2, 0.25) is 0 Å². The summed E-state index contributed by atoms with van der Waals surface area (Å²) < 4.78 is 5.50. The number of aliphatic hydroxyl groups is 2. The minimum atomic E-state index is -0.663. The Labute approximate surface area is 577 Å². The third kappa shape index (κ3) is 77.3. The molecule has 0 aliphatic carbocycles. The number of aliphatic hydroxyl groups excluding tert-OH is 2. The monoisotopic (exact) mass is 1290 g/mol. The van der Waals surface area contributed by atoms with Gasteiger partial charge in [0.15, 0.2) is 0 Å². The number of nitrogens with one attached hydrogen (secondary N) is 1. The van der Waals surface area contributed by atoms with Gasteiger partial charge in [0.05, 0.1) is 25.4 Å². The third-order valence-corrected chi connectivity index (χ3v) is 20.2. The van der Waals surface area contributed by atoms with E-state index in [-0.39, 0.29) is 18.5 Å². The maximum absolute atomic E-state index is 12.6. The molecule has 0 aliphatic heterocycles. The molecule has 0 aromatic heterocycles. The molecule has 1 amide bonds. The zero-order valence-electron chi connectivity index (χ0n) is 62.8. The fraction of sp³-hybridized carbons (Fsp3) is 0.930. The van der Waals surface area contributed by atoms with Gasteiger partial charge in [0.25, 0.3) is 0 Å². The Morgan fingerprint density at radius 2 is 0.511 bits per heavy atom. The van der Waals surface area contributed by atoms with Crippen molar-refractivity contribution in [2.75, 3.05) is 13.2 Å². The van der Waals surface area contributed by atoms with E-state index in [0.717, 1.165) is 44.9 Å². The molecule has 0 aromatic carbocycles. The van der Waals surface area contributed by atoms with E-state index in [1.807, 2.05) is 0 Å². The molecule has 0 fully saturated rings. The second kappa shape index (κ2) is 81.8. The number of esters is 1. The number of hydrogen-bond donors (Lipinski definition) is 3. The molecule has 0 heterocycles. The van der Waals surface area contributed by atoms with Crippen molar-refractivity contribution in [2.24, 2.45) is 0 Å². The number of rotatable bonds is 81. The Morgan fingerprint density at radius 1 is 0.293 bits per heavy atom. The molecular weight excluding hydrogens is 1130 g/mol. The molecule has 2 unspecified atom stereocenters. The second-order valence-electron chi connectivity index (χ2n) is 29.5. The summed E-state index contributed by atoms with van der Waals surface area (Å²) in [6, 6.07) is -0.540. The molecular formula is C86H167NO5. The molecule has 2 atom stereocenters. The van der Waals surface area contributed by atoms with E-state index >= 15 is 0 Å². The molecule has 0 saturated carbocycles. The molecule has 0 aliphatic rings. The van der Waals surface area contributed by atoms with Gasteiger partial charge in [0.2, 0.25) is 5.91 Å². The van der Waals surface area contributed by atoms with Crippen LogP contribution in [0.5, 0.6) is 0 Å². The van der Waals surface area contributed by atoms with Gasteiger partial charge in [-0.05, 0) is 77.0 Å². The van der Waals surface area contributed by atoms with Gasteiger partial charge >= 0.3 is 5.97 Å². The van der Waals surface area contributed by atoms with Crippen LogP contribution in [0.3, 0.4) is 0 Å². The number of allylic oxidation sites excluding steroid dienone is 4. The summed E-state index contributed by atoms with van der Waals surface area (Å²) in [7, 11) is 0. The van der Waals surface area contributed by atoms with E-state index in [9.17, 15) is 19.8 Å². The molecule has 0 rings (SSSR count). The van der Waals surface area contributed by atoms with E-state index in [2.05, 4.69) is 43.5 Å². The first-order chi connectivity index (χ1) is 45.5. The van der Waals surface area contributed by atoms with Crippen LogP contribution in [-0.2, 0) is 14.3 Å². The first-order valence-electron chi connectivity index (χ1n) is 42.6. The highest BCUT2D eigenvalue weighted by Gasteiger charge is 2.20. The fourth-order valence-corrected chi connectivity index (χ4v) is 13.8. The van der Waals surface area contributed by atoms with Crippen molar-refractivity contribution >= 4 is 11.9 Å². The molecule has 6 heteroatoms. The van der Waals surface area contributed by atoms with Crippen LogP contribution in [0.4, 0.5) is 0 Å². The highest BCUT2D eigenvalue weighted by molar-refractivity contribution is 5.76. The number of ether oxygens (including phenoxy) is 1. The van der Waals surface area contributed by atoms with Crippen LogP contribution in [-0.4, -0.2) is 47.4 Å². The van der Waals surface area contributed by atoms with Gasteiger partial charge in [-0.2, -0.15) is 0 Å². The highest BCUT2D eigenvalue weighted by Crippen LogP contribution is 2.21. The molecule has 0 saturated heterocycles. The zero-order valence-corrected chi connectivity index (χ0v) is 62.8. The predicted octanol–water partition coefficient (Wildman–Crippen LogP) is 28.4. The van der Waals surface area contributed by atoms with E-state index in [4.69, 9.17) is 4.74 Å². The Balaban J connectivity index is 3.34. The molecule has 0 aromatic rings. The SMILES string of the molecule is CCCCCCCC/C=C\CCCCCCCC(=O)OCCCCCCCCCCCCCCCC/C=C\CCCCCCCCCCCCCCCCCCCC(=O)NC(CO)C(O)CCCCCCCCCCCCCCCCCCCCCCCCCCC. The number of amides is 1. The van der Waals surface area contributed by atoms with Crippen molar-refractivity contribution < 1.29 is 24.5 Å². The third-order valence-electron chi connectivity index (χ3n) is 20.2. The summed E-state index contributed by atoms with van der Waals surface area (Å²) in [4.78, 5) is 24.7. The lowest BCUT2D eigenvalue weighted by Gasteiger charge is -2.22. The van der Waals surface area contributed by atoms with Crippen molar-refractivity contribution in [1.29, 1.82) is 0 Å². The number of hydrogen-bond acceptors (Lipinski definition) is 5. The zero-order chi connectivity index (χ0) is 66.3. The van der Waals surface area contributed by atoms with Crippen LogP contribution in [0.15, 0.2) is 24.3 Å². The van der Waals surface area contributed by atoms with E-state index < -0.39 is 12.1 Å². The number of carbonyl (C=O) groups excluding carboxylic acids is 2. The van der Waals surface area contributed by atoms with Gasteiger partial charge in [-0.25, -0.2) is 0 Å². The summed E-state index contributed by atoms with van der Waals surface area (Å²) >= 11 is 0. The molecule has 0 radical (unpaired) electrons. The lowest BCUT2D eigenvalue weighted by Crippen LogP contribution is -2.45. The topological polar surface area (TPSA) is 95.9 Å². The van der Waals surface area contributed by atoms with Crippen molar-refractivity contribution in [2.45, 2.75) is 501 Å². The summed E-state index contributed by atoms with van der Waals surface area (Å²) in [5, 5.41) is 23.5. The van der Waals surface area contributed by atoms with Crippen LogP contribution in [0.25, 0.3) is 0 Å². The molecule has 3 N–H and O–H groups in total. The summed E-state index contributed by atoms with van der Waals surface area (Å²) in [6.07, 6.45) is 106. The van der Waals surface area contributed by atoms with Crippen molar-refractivity contribution in [3.8, 4) is 0 Å². The fourth-order valence-electron chi connectivity index (χ4n) is 13.8. The molecule has 92 heavy (non-hydrogen) atoms. The minimum Gasteiger partial charge on any atom is -0.466 e. The van der Waals surface area contributed by atoms with Gasteiger partial charge in [-0.15, -0.1) is 0 Å². The lowest BCUT2D eigenvalue weighted by atomic mass is 10.0. The smallest absolute Gasteiger partial charge is 0.305 e. The average Bonchev–Trinajstić information content (AvgIpc) is 3.57. The van der Waals surface area contributed by atoms with Crippen molar-refractivity contribution in [1.82, 2.24) is 5.32 Å². The summed E-state index contributed by atoms with van der Waals surface area (Å²) in [6.45, 7) is 5.00. The minimum absolute atomic E-state index is 0.0134. The predicted molar refractivity (Wildman–Crippen MR) is 407 cm³/mol. The summed E-state index contributed by atoms with van der Waals surface area (Å²) in [5.74, 6) is -0.0116. The second-order valence-corrected chi connectivity index (χ2v) is 29.5. The summed E-state index contributed by atoms with van der Waals surface area (Å²) in [5.41, 5.74) is 0. The Hall–Kier alpha value is -1.66. The number of unbranched alkanes of at least 4 members (excludes halogenated alkanes) is 66. The van der Waals surface area contributed by atoms with Crippen LogP contribution >= 0.6 is 0 Å². The van der Waals surface area contributed by atoms with Gasteiger partial charge in [0, 0.05) is 12.8 Å². The Bertz CT molecular complexity index is 1450. The van der Waals surface area contributed by atoms with Crippen molar-refractivity contribution in [3.05, 3.63) is 24.3 Å².